The summed E-state index contributed by atoms with van der Waals surface area (Å²) in [5.74, 6) is 3.65. The fourth-order valence-electron chi connectivity index (χ4n) is 1.67. The Labute approximate surface area is 107 Å². The van der Waals surface area contributed by atoms with Gasteiger partial charge in [0.15, 0.2) is 0 Å². The SMILES string of the molecule is C#CCCSc1ccccc1-c1ccccc1. The van der Waals surface area contributed by atoms with Gasteiger partial charge in [0.25, 0.3) is 0 Å². The van der Waals surface area contributed by atoms with Crippen LogP contribution >= 0.6 is 11.8 Å². The molecule has 0 nitrogen and oxygen atoms in total. The van der Waals surface area contributed by atoms with E-state index in [9.17, 15) is 0 Å². The molecule has 0 saturated carbocycles. The van der Waals surface area contributed by atoms with Gasteiger partial charge in [0.05, 0.1) is 0 Å². The maximum absolute atomic E-state index is 5.28. The summed E-state index contributed by atoms with van der Waals surface area (Å²) >= 11 is 1.82. The van der Waals surface area contributed by atoms with Crippen molar-refractivity contribution in [2.75, 3.05) is 5.75 Å². The Morgan fingerprint density at radius 1 is 0.941 bits per heavy atom. The van der Waals surface area contributed by atoms with E-state index in [1.807, 2.05) is 17.8 Å². The molecule has 0 atom stereocenters. The van der Waals surface area contributed by atoms with Gasteiger partial charge in [-0.05, 0) is 17.2 Å². The van der Waals surface area contributed by atoms with Crippen molar-refractivity contribution in [2.45, 2.75) is 11.3 Å². The molecular formula is C16H14S. The van der Waals surface area contributed by atoms with E-state index in [4.69, 9.17) is 6.42 Å². The average molecular weight is 238 g/mol. The molecule has 2 rings (SSSR count). The summed E-state index contributed by atoms with van der Waals surface area (Å²) in [4.78, 5) is 1.30. The molecule has 0 unspecified atom stereocenters. The minimum atomic E-state index is 0.813. The van der Waals surface area contributed by atoms with Crippen molar-refractivity contribution >= 4 is 11.8 Å². The largest absolute Gasteiger partial charge is 0.125 e. The van der Waals surface area contributed by atoms with Gasteiger partial charge in [0.2, 0.25) is 0 Å². The average Bonchev–Trinajstić information content (AvgIpc) is 2.41. The van der Waals surface area contributed by atoms with Gasteiger partial charge in [-0.2, -0.15) is 0 Å². The molecule has 84 valence electrons. The number of rotatable bonds is 4. The summed E-state index contributed by atoms with van der Waals surface area (Å²) in [5, 5.41) is 0. The van der Waals surface area contributed by atoms with Gasteiger partial charge in [-0.25, -0.2) is 0 Å². The predicted octanol–water partition coefficient (Wildman–Crippen LogP) is 4.47. The maximum Gasteiger partial charge on any atom is 0.0180 e. The van der Waals surface area contributed by atoms with Crippen molar-refractivity contribution in [1.82, 2.24) is 0 Å². The lowest BCUT2D eigenvalue weighted by Gasteiger charge is -2.08. The molecule has 0 radical (unpaired) electrons. The molecule has 2 aromatic carbocycles. The third kappa shape index (κ3) is 3.15. The third-order valence-corrected chi connectivity index (χ3v) is 3.55. The van der Waals surface area contributed by atoms with Crippen LogP contribution in [0.25, 0.3) is 11.1 Å². The zero-order valence-corrected chi connectivity index (χ0v) is 10.4. The van der Waals surface area contributed by atoms with Crippen molar-refractivity contribution in [1.29, 1.82) is 0 Å². The second-order valence-electron chi connectivity index (χ2n) is 3.66. The van der Waals surface area contributed by atoms with E-state index in [1.54, 1.807) is 0 Å². The first-order valence-corrected chi connectivity index (χ1v) is 6.61. The maximum atomic E-state index is 5.28. The number of hydrogen-bond donors (Lipinski definition) is 0. The highest BCUT2D eigenvalue weighted by molar-refractivity contribution is 7.99. The summed E-state index contributed by atoms with van der Waals surface area (Å²) in [6.07, 6.45) is 6.09. The molecule has 0 heterocycles. The van der Waals surface area contributed by atoms with Gasteiger partial charge in [-0.15, -0.1) is 24.1 Å². The van der Waals surface area contributed by atoms with Crippen LogP contribution in [0.4, 0.5) is 0 Å². The molecule has 2 aromatic rings. The smallest absolute Gasteiger partial charge is 0.0180 e. The van der Waals surface area contributed by atoms with E-state index in [0.29, 0.717) is 0 Å². The van der Waals surface area contributed by atoms with Crippen LogP contribution in [0.15, 0.2) is 59.5 Å². The molecule has 0 bridgehead atoms. The highest BCUT2D eigenvalue weighted by Crippen LogP contribution is 2.31. The fourth-order valence-corrected chi connectivity index (χ4v) is 2.62. The first-order chi connectivity index (χ1) is 8.42. The lowest BCUT2D eigenvalue weighted by atomic mass is 10.1. The number of benzene rings is 2. The number of thioether (sulfide) groups is 1. The summed E-state index contributed by atoms with van der Waals surface area (Å²) in [6, 6.07) is 18.9. The van der Waals surface area contributed by atoms with Crippen molar-refractivity contribution in [3.05, 3.63) is 54.6 Å². The molecule has 0 aliphatic heterocycles. The fraction of sp³-hybridized carbons (Fsp3) is 0.125. The van der Waals surface area contributed by atoms with Crippen LogP contribution in [0.1, 0.15) is 6.42 Å². The minimum Gasteiger partial charge on any atom is -0.125 e. The second-order valence-corrected chi connectivity index (χ2v) is 4.80. The molecule has 0 spiro atoms. The molecule has 17 heavy (non-hydrogen) atoms. The van der Waals surface area contributed by atoms with Gasteiger partial charge < -0.3 is 0 Å². The van der Waals surface area contributed by atoms with E-state index in [1.165, 1.54) is 16.0 Å². The topological polar surface area (TPSA) is 0 Å². The standard InChI is InChI=1S/C16H14S/c1-2-3-13-17-16-12-8-7-11-15(16)14-9-5-4-6-10-14/h1,4-12H,3,13H2. The van der Waals surface area contributed by atoms with Gasteiger partial charge in [-0.3, -0.25) is 0 Å². The Bertz CT molecular complexity index is 509. The molecule has 0 aliphatic rings. The van der Waals surface area contributed by atoms with E-state index in [2.05, 4.69) is 54.5 Å². The second kappa shape index (κ2) is 6.18. The first kappa shape index (κ1) is 11.8. The van der Waals surface area contributed by atoms with Crippen molar-refractivity contribution in [2.24, 2.45) is 0 Å². The molecule has 1 heteroatoms. The quantitative estimate of drug-likeness (QED) is 0.430. The van der Waals surface area contributed by atoms with Crippen molar-refractivity contribution in [3.8, 4) is 23.5 Å². The van der Waals surface area contributed by atoms with Gasteiger partial charge in [0.1, 0.15) is 0 Å². The van der Waals surface area contributed by atoms with Gasteiger partial charge in [-0.1, -0.05) is 48.5 Å². The summed E-state index contributed by atoms with van der Waals surface area (Å²) in [7, 11) is 0. The summed E-state index contributed by atoms with van der Waals surface area (Å²) < 4.78 is 0. The molecule has 0 aliphatic carbocycles. The number of hydrogen-bond acceptors (Lipinski definition) is 1. The molecular weight excluding hydrogens is 224 g/mol. The van der Waals surface area contributed by atoms with Crippen LogP contribution in [0, 0.1) is 12.3 Å². The summed E-state index contributed by atoms with van der Waals surface area (Å²) in [5.41, 5.74) is 2.55. The normalized spacial score (nSPS) is 9.82. The van der Waals surface area contributed by atoms with Crippen LogP contribution < -0.4 is 0 Å². The third-order valence-electron chi connectivity index (χ3n) is 2.48. The van der Waals surface area contributed by atoms with Crippen LogP contribution in [0.5, 0.6) is 0 Å². The Morgan fingerprint density at radius 2 is 1.65 bits per heavy atom. The molecule has 0 saturated heterocycles. The zero-order valence-electron chi connectivity index (χ0n) is 9.60. The molecule has 0 amide bonds. The predicted molar refractivity (Wildman–Crippen MR) is 76.1 cm³/mol. The molecule has 0 fully saturated rings. The lowest BCUT2D eigenvalue weighted by Crippen LogP contribution is -1.83. The van der Waals surface area contributed by atoms with E-state index in [-0.39, 0.29) is 0 Å². The van der Waals surface area contributed by atoms with E-state index >= 15 is 0 Å². The van der Waals surface area contributed by atoms with Crippen molar-refractivity contribution in [3.63, 3.8) is 0 Å². The van der Waals surface area contributed by atoms with Crippen LogP contribution in [-0.2, 0) is 0 Å². The zero-order chi connectivity index (χ0) is 11.9. The Balaban J connectivity index is 2.25. The number of terminal acetylenes is 1. The van der Waals surface area contributed by atoms with Gasteiger partial charge >= 0.3 is 0 Å². The Morgan fingerprint density at radius 3 is 2.41 bits per heavy atom. The highest BCUT2D eigenvalue weighted by atomic mass is 32.2. The molecule has 0 aromatic heterocycles. The molecule has 0 N–H and O–H groups in total. The van der Waals surface area contributed by atoms with Crippen LogP contribution in [-0.4, -0.2) is 5.75 Å². The van der Waals surface area contributed by atoms with Crippen molar-refractivity contribution < 1.29 is 0 Å². The Hall–Kier alpha value is -1.65. The van der Waals surface area contributed by atoms with Crippen LogP contribution in [0.2, 0.25) is 0 Å². The highest BCUT2D eigenvalue weighted by Gasteiger charge is 2.03. The van der Waals surface area contributed by atoms with Gasteiger partial charge in [0, 0.05) is 17.1 Å². The monoisotopic (exact) mass is 238 g/mol. The van der Waals surface area contributed by atoms with Crippen LogP contribution in [0.3, 0.4) is 0 Å². The van der Waals surface area contributed by atoms with E-state index < -0.39 is 0 Å². The summed E-state index contributed by atoms with van der Waals surface area (Å²) in [6.45, 7) is 0. The Kier molecular flexibility index (Phi) is 4.30. The first-order valence-electron chi connectivity index (χ1n) is 5.62. The van der Waals surface area contributed by atoms with E-state index in [0.717, 1.165) is 12.2 Å². The minimum absolute atomic E-state index is 0.813. The lowest BCUT2D eigenvalue weighted by molar-refractivity contribution is 1.29.